The van der Waals surface area contributed by atoms with Gasteiger partial charge in [-0.25, -0.2) is 4.79 Å². The lowest BCUT2D eigenvalue weighted by Crippen LogP contribution is -2.35. The second kappa shape index (κ2) is 7.57. The van der Waals surface area contributed by atoms with Crippen LogP contribution in [0.15, 0.2) is 53.3 Å². The number of aromatic nitrogens is 1. The lowest BCUT2D eigenvalue weighted by Gasteiger charge is -2.12. The van der Waals surface area contributed by atoms with Crippen molar-refractivity contribution in [2.75, 3.05) is 18.5 Å². The summed E-state index contributed by atoms with van der Waals surface area (Å²) in [6.45, 7) is 1.20. The molecule has 2 atom stereocenters. The fourth-order valence-corrected chi connectivity index (χ4v) is 3.00. The molecule has 2 N–H and O–H groups in total. The highest BCUT2D eigenvalue weighted by Gasteiger charge is 2.26. The third-order valence-electron chi connectivity index (χ3n) is 3.86. The van der Waals surface area contributed by atoms with Crippen LogP contribution in [0.2, 0.25) is 0 Å². The molecule has 1 fully saturated rings. The predicted octanol–water partition coefficient (Wildman–Crippen LogP) is 3.54. The molecule has 0 bridgehead atoms. The second-order valence-corrected chi connectivity index (χ2v) is 6.34. The smallest absolute Gasteiger partial charge is 0.319 e. The Hall–Kier alpha value is -1.92. The van der Waals surface area contributed by atoms with Gasteiger partial charge in [-0.2, -0.15) is 0 Å². The van der Waals surface area contributed by atoms with Crippen molar-refractivity contribution in [1.82, 2.24) is 10.3 Å². The highest BCUT2D eigenvalue weighted by Crippen LogP contribution is 2.28. The number of rotatable bonds is 4. The van der Waals surface area contributed by atoms with Crippen LogP contribution in [0.1, 0.15) is 17.9 Å². The first-order valence-electron chi connectivity index (χ1n) is 7.53. The predicted molar refractivity (Wildman–Crippen MR) is 92.5 cm³/mol. The van der Waals surface area contributed by atoms with Gasteiger partial charge in [-0.3, -0.25) is 4.98 Å². The Morgan fingerprint density at radius 3 is 2.91 bits per heavy atom. The number of carbonyl (C=O) groups is 1. The molecule has 2 amide bonds. The molecule has 0 spiro atoms. The van der Waals surface area contributed by atoms with E-state index in [0.29, 0.717) is 24.8 Å². The number of nitrogens with one attached hydrogen (secondary N) is 2. The van der Waals surface area contributed by atoms with Crippen molar-refractivity contribution in [1.29, 1.82) is 0 Å². The molecule has 0 aliphatic carbocycles. The number of halogens is 1. The van der Waals surface area contributed by atoms with Crippen molar-refractivity contribution < 1.29 is 9.53 Å². The summed E-state index contributed by atoms with van der Waals surface area (Å²) in [5.41, 5.74) is 1.98. The fourth-order valence-electron chi connectivity index (χ4n) is 2.66. The molecule has 1 saturated heterocycles. The van der Waals surface area contributed by atoms with E-state index in [1.807, 2.05) is 18.2 Å². The number of hydrogen-bond acceptors (Lipinski definition) is 3. The van der Waals surface area contributed by atoms with Crippen LogP contribution in [0.3, 0.4) is 0 Å². The molecular formula is C17H18BrN3O2. The Kier molecular flexibility index (Phi) is 5.25. The molecule has 0 saturated carbocycles. The van der Waals surface area contributed by atoms with Crippen molar-refractivity contribution >= 4 is 27.6 Å². The largest absolute Gasteiger partial charge is 0.376 e. The molecule has 23 heavy (non-hydrogen) atoms. The molecule has 0 unspecified atom stereocenters. The lowest BCUT2D eigenvalue weighted by molar-refractivity contribution is 0.110. The van der Waals surface area contributed by atoms with Crippen LogP contribution in [-0.2, 0) is 4.74 Å². The highest BCUT2D eigenvalue weighted by molar-refractivity contribution is 9.10. The molecule has 1 aliphatic heterocycles. The first-order valence-corrected chi connectivity index (χ1v) is 8.32. The molecule has 0 radical (unpaired) electrons. The summed E-state index contributed by atoms with van der Waals surface area (Å²) in [5.74, 6) is 0.403. The maximum atomic E-state index is 12.0. The van der Waals surface area contributed by atoms with E-state index >= 15 is 0 Å². The van der Waals surface area contributed by atoms with Gasteiger partial charge >= 0.3 is 6.03 Å². The molecular weight excluding hydrogens is 358 g/mol. The summed E-state index contributed by atoms with van der Waals surface area (Å²) in [6, 6.07) is 11.8. The molecule has 3 rings (SSSR count). The molecule has 1 aromatic heterocycles. The number of pyridine rings is 1. The normalized spacial score (nSPS) is 20.2. The zero-order chi connectivity index (χ0) is 16.1. The lowest BCUT2D eigenvalue weighted by atomic mass is 9.96. The second-order valence-electron chi connectivity index (χ2n) is 5.49. The molecule has 2 heterocycles. The minimum atomic E-state index is -0.247. The van der Waals surface area contributed by atoms with Gasteiger partial charge in [-0.05, 0) is 34.0 Å². The Balaban J connectivity index is 1.46. The molecule has 1 aliphatic rings. The van der Waals surface area contributed by atoms with Crippen molar-refractivity contribution in [2.24, 2.45) is 0 Å². The average molecular weight is 376 g/mol. The Bertz CT molecular complexity index is 666. The summed E-state index contributed by atoms with van der Waals surface area (Å²) in [4.78, 5) is 15.9. The summed E-state index contributed by atoms with van der Waals surface area (Å²) < 4.78 is 6.53. The van der Waals surface area contributed by atoms with Crippen LogP contribution < -0.4 is 10.6 Å². The number of hydrogen-bond donors (Lipinski definition) is 2. The number of anilines is 1. The van der Waals surface area contributed by atoms with Gasteiger partial charge in [0.2, 0.25) is 0 Å². The molecule has 120 valence electrons. The number of nitrogens with zero attached hydrogens (tertiary/aromatic N) is 1. The van der Waals surface area contributed by atoms with E-state index < -0.39 is 0 Å². The third kappa shape index (κ3) is 4.30. The SMILES string of the molecule is O=C(NC[C@@H]1C[C@H](c2ccccc2)CO1)Nc1ccncc1Br. The maximum Gasteiger partial charge on any atom is 0.319 e. The molecule has 6 heteroatoms. The van der Waals surface area contributed by atoms with E-state index in [1.165, 1.54) is 5.56 Å². The van der Waals surface area contributed by atoms with Crippen LogP contribution in [-0.4, -0.2) is 30.3 Å². The van der Waals surface area contributed by atoms with Gasteiger partial charge < -0.3 is 15.4 Å². The topological polar surface area (TPSA) is 63.2 Å². The fraction of sp³-hybridized carbons (Fsp3) is 0.294. The van der Waals surface area contributed by atoms with Crippen LogP contribution in [0.25, 0.3) is 0 Å². The minimum Gasteiger partial charge on any atom is -0.376 e. The number of benzene rings is 1. The molecule has 1 aromatic carbocycles. The minimum absolute atomic E-state index is 0.0480. The Labute approximate surface area is 143 Å². The van der Waals surface area contributed by atoms with Crippen LogP contribution in [0.5, 0.6) is 0 Å². The van der Waals surface area contributed by atoms with Gasteiger partial charge in [0.15, 0.2) is 0 Å². The third-order valence-corrected chi connectivity index (χ3v) is 4.49. The van der Waals surface area contributed by atoms with Crippen molar-refractivity contribution in [3.05, 3.63) is 58.8 Å². The van der Waals surface area contributed by atoms with E-state index in [-0.39, 0.29) is 12.1 Å². The van der Waals surface area contributed by atoms with E-state index in [1.54, 1.807) is 18.5 Å². The van der Waals surface area contributed by atoms with E-state index in [9.17, 15) is 4.79 Å². The van der Waals surface area contributed by atoms with E-state index in [2.05, 4.69) is 43.7 Å². The van der Waals surface area contributed by atoms with Crippen LogP contribution in [0, 0.1) is 0 Å². The van der Waals surface area contributed by atoms with Gasteiger partial charge in [0.1, 0.15) is 0 Å². The van der Waals surface area contributed by atoms with Gasteiger partial charge in [0.25, 0.3) is 0 Å². The van der Waals surface area contributed by atoms with Gasteiger partial charge in [0, 0.05) is 24.9 Å². The summed E-state index contributed by atoms with van der Waals surface area (Å²) in [5, 5.41) is 5.64. The first-order chi connectivity index (χ1) is 11.2. The van der Waals surface area contributed by atoms with Gasteiger partial charge in [0.05, 0.1) is 22.9 Å². The Morgan fingerprint density at radius 1 is 1.30 bits per heavy atom. The molecule has 2 aromatic rings. The summed E-state index contributed by atoms with van der Waals surface area (Å²) in [7, 11) is 0. The Morgan fingerprint density at radius 2 is 2.13 bits per heavy atom. The quantitative estimate of drug-likeness (QED) is 0.858. The van der Waals surface area contributed by atoms with Crippen LogP contribution >= 0.6 is 15.9 Å². The highest BCUT2D eigenvalue weighted by atomic mass is 79.9. The summed E-state index contributed by atoms with van der Waals surface area (Å²) in [6.07, 6.45) is 4.24. The first kappa shape index (κ1) is 16.0. The van der Waals surface area contributed by atoms with Gasteiger partial charge in [-0.1, -0.05) is 30.3 Å². The number of urea groups is 1. The van der Waals surface area contributed by atoms with Crippen molar-refractivity contribution in [3.8, 4) is 0 Å². The van der Waals surface area contributed by atoms with Crippen molar-refractivity contribution in [3.63, 3.8) is 0 Å². The zero-order valence-corrected chi connectivity index (χ0v) is 14.1. The van der Waals surface area contributed by atoms with Crippen molar-refractivity contribution in [2.45, 2.75) is 18.4 Å². The molecule has 5 nitrogen and oxygen atoms in total. The maximum absolute atomic E-state index is 12.0. The number of ether oxygens (including phenoxy) is 1. The standard InChI is InChI=1S/C17H18BrN3O2/c18-15-10-19-7-6-16(15)21-17(22)20-9-14-8-13(11-23-14)12-4-2-1-3-5-12/h1-7,10,13-14H,8-9,11H2,(H2,19,20,21,22)/t13-,14-/m0/s1. The van der Waals surface area contributed by atoms with Gasteiger partial charge in [-0.15, -0.1) is 0 Å². The van der Waals surface area contributed by atoms with E-state index in [0.717, 1.165) is 10.9 Å². The van der Waals surface area contributed by atoms with E-state index in [4.69, 9.17) is 4.74 Å². The summed E-state index contributed by atoms with van der Waals surface area (Å²) >= 11 is 3.35. The zero-order valence-electron chi connectivity index (χ0n) is 12.5. The van der Waals surface area contributed by atoms with Crippen LogP contribution in [0.4, 0.5) is 10.5 Å². The number of amides is 2. The number of carbonyl (C=O) groups excluding carboxylic acids is 1. The monoisotopic (exact) mass is 375 g/mol. The average Bonchev–Trinajstić information content (AvgIpc) is 3.05.